The first-order valence-electron chi connectivity index (χ1n) is 22.0. The van der Waals surface area contributed by atoms with E-state index >= 15 is 0 Å². The number of non-ortho nitro benzene ring substituents is 1. The number of fused-ring (bicyclic) bond motifs is 2. The fraction of sp³-hybridized carbons (Fsp3) is 0.449. The Morgan fingerprint density at radius 2 is 1.79 bits per heavy atom. The van der Waals surface area contributed by atoms with Crippen molar-refractivity contribution < 1.29 is 48.5 Å². The number of aliphatic hydroxyl groups excluding tert-OH is 2. The van der Waals surface area contributed by atoms with Gasteiger partial charge in [0.25, 0.3) is 5.69 Å². The van der Waals surface area contributed by atoms with Gasteiger partial charge in [0.2, 0.25) is 18.0 Å². The summed E-state index contributed by atoms with van der Waals surface area (Å²) in [7, 11) is 1.71. The van der Waals surface area contributed by atoms with Gasteiger partial charge in [0.1, 0.15) is 29.6 Å². The van der Waals surface area contributed by atoms with Gasteiger partial charge < -0.3 is 38.9 Å². The third kappa shape index (κ3) is 10.3. The fourth-order valence-corrected chi connectivity index (χ4v) is 9.64. The number of carbonyl (C=O) groups is 2. The van der Waals surface area contributed by atoms with Crippen molar-refractivity contribution >= 4 is 29.7 Å². The van der Waals surface area contributed by atoms with Gasteiger partial charge in [-0.1, -0.05) is 42.3 Å². The highest BCUT2D eigenvalue weighted by Gasteiger charge is 2.65. The Labute approximate surface area is 368 Å². The number of hydrogen-bond acceptors (Lipinski definition) is 12. The van der Waals surface area contributed by atoms with Crippen LogP contribution in [0.25, 0.3) is 6.08 Å². The molecule has 0 aromatic heterocycles. The predicted molar refractivity (Wildman–Crippen MR) is 236 cm³/mol. The third-order valence-corrected chi connectivity index (χ3v) is 12.6. The van der Waals surface area contributed by atoms with E-state index in [0.717, 1.165) is 55.9 Å². The highest BCUT2D eigenvalue weighted by Crippen LogP contribution is 2.62. The number of hydrogen-bond donors (Lipinski definition) is 2. The molecular weight excluding hydrogens is 807 g/mol. The van der Waals surface area contributed by atoms with Gasteiger partial charge in [0.15, 0.2) is 0 Å². The molecule has 2 N–H and O–H groups in total. The van der Waals surface area contributed by atoms with E-state index in [0.29, 0.717) is 60.0 Å². The number of unbranched alkanes of at least 4 members (excludes halogenated alkanes) is 2. The standard InChI is InChI=1S/C49H57N3O11/c1-3-26-60-49-44(51(2)45(56)23-18-33-16-19-36(20-17-33)52(57)58)31-42(50-63-46-15-6-9-27-59-46)40-29-35(12-4-7-24-53)39(14-5-8-25-54)47(48(40)49)41-30-38(21-22-43(41)62-49)61-37-13-10-11-34(28-37)32-55/h3,10-11,13,16-23,28-30,32,35,39,44,46-48,53-54H,1,4-9,12,14-15,24-27,31H2,2H3. The normalized spacial score (nSPS) is 25.6. The minimum atomic E-state index is -1.46. The second kappa shape index (κ2) is 21.1. The lowest BCUT2D eigenvalue weighted by molar-refractivity contribution is -0.384. The third-order valence-electron chi connectivity index (χ3n) is 12.6. The van der Waals surface area contributed by atoms with Crippen LogP contribution >= 0.6 is 0 Å². The highest BCUT2D eigenvalue weighted by atomic mass is 16.8. The molecule has 2 aliphatic carbocycles. The average molecular weight is 864 g/mol. The SMILES string of the molecule is C=CCOC12Oc3ccc(Oc4cccc(C=O)c4)cc3C3C(CCCCO)C(CCCCO)C=C(C(=NOC4CCCCO4)CC1N(C)C(=O)C=Cc1ccc([N+](=O)[O-])cc1)C32. The molecule has 7 unspecified atom stereocenters. The van der Waals surface area contributed by atoms with Gasteiger partial charge in [-0.2, -0.15) is 0 Å². The molecule has 2 fully saturated rings. The topological polar surface area (TPSA) is 179 Å². The zero-order chi connectivity index (χ0) is 44.3. The summed E-state index contributed by atoms with van der Waals surface area (Å²) in [6.45, 7) is 4.80. The number of rotatable bonds is 20. The van der Waals surface area contributed by atoms with E-state index < -0.39 is 29.0 Å². The van der Waals surface area contributed by atoms with Crippen molar-refractivity contribution in [1.29, 1.82) is 0 Å². The molecule has 4 aliphatic rings. The van der Waals surface area contributed by atoms with Gasteiger partial charge in [0.05, 0.1) is 29.8 Å². The Bertz CT molecular complexity index is 2180. The average Bonchev–Trinajstić information content (AvgIpc) is 3.30. The maximum atomic E-state index is 14.4. The second-order valence-electron chi connectivity index (χ2n) is 16.6. The summed E-state index contributed by atoms with van der Waals surface area (Å²) < 4.78 is 26.6. The number of ether oxygens (including phenoxy) is 4. The molecule has 2 heterocycles. The Kier molecular flexibility index (Phi) is 15.2. The number of nitrogens with zero attached hydrogens (tertiary/aromatic N) is 3. The van der Waals surface area contributed by atoms with Gasteiger partial charge in [-0.15, -0.1) is 6.58 Å². The molecule has 334 valence electrons. The van der Waals surface area contributed by atoms with Crippen LogP contribution in [0, 0.1) is 27.9 Å². The van der Waals surface area contributed by atoms with Gasteiger partial charge in [0, 0.05) is 68.4 Å². The predicted octanol–water partition coefficient (Wildman–Crippen LogP) is 8.53. The van der Waals surface area contributed by atoms with Crippen LogP contribution < -0.4 is 9.47 Å². The number of nitro groups is 1. The summed E-state index contributed by atoms with van der Waals surface area (Å²) >= 11 is 0. The van der Waals surface area contributed by atoms with Gasteiger partial charge in [-0.3, -0.25) is 19.7 Å². The summed E-state index contributed by atoms with van der Waals surface area (Å²) in [5.74, 6) is -0.989. The van der Waals surface area contributed by atoms with E-state index in [1.54, 1.807) is 60.5 Å². The van der Waals surface area contributed by atoms with Crippen molar-refractivity contribution in [2.45, 2.75) is 88.2 Å². The van der Waals surface area contributed by atoms with Crippen LogP contribution in [0.5, 0.6) is 17.2 Å². The van der Waals surface area contributed by atoms with Crippen molar-refractivity contribution in [1.82, 2.24) is 4.90 Å². The minimum absolute atomic E-state index is 0.00220. The number of allylic oxidation sites excluding steroid dienone is 1. The smallest absolute Gasteiger partial charge is 0.269 e. The molecule has 14 heteroatoms. The van der Waals surface area contributed by atoms with Crippen LogP contribution in [0.4, 0.5) is 5.69 Å². The maximum absolute atomic E-state index is 14.4. The number of aldehydes is 1. The van der Waals surface area contributed by atoms with Crippen molar-refractivity contribution in [2.75, 3.05) is 33.5 Å². The maximum Gasteiger partial charge on any atom is 0.269 e. The van der Waals surface area contributed by atoms with Crippen molar-refractivity contribution in [2.24, 2.45) is 22.9 Å². The second-order valence-corrected chi connectivity index (χ2v) is 16.6. The molecule has 1 amide bonds. The van der Waals surface area contributed by atoms with Crippen LogP contribution in [0.2, 0.25) is 0 Å². The number of likely N-dealkylation sites (N-methyl/N-ethyl adjacent to an activating group) is 1. The number of aliphatic hydroxyl groups is 2. The van der Waals surface area contributed by atoms with E-state index in [9.17, 15) is 29.9 Å². The lowest BCUT2D eigenvalue weighted by Crippen LogP contribution is -2.69. The fourth-order valence-electron chi connectivity index (χ4n) is 9.64. The van der Waals surface area contributed by atoms with E-state index in [1.807, 2.05) is 18.2 Å². The molecular formula is C49H57N3O11. The Balaban J connectivity index is 1.39. The number of amides is 1. The van der Waals surface area contributed by atoms with Gasteiger partial charge in [-0.25, -0.2) is 0 Å². The number of benzene rings is 3. The molecule has 7 rings (SSSR count). The quantitative estimate of drug-likeness (QED) is 0.0278. The molecule has 2 aliphatic heterocycles. The Hall–Kier alpha value is -5.67. The summed E-state index contributed by atoms with van der Waals surface area (Å²) in [6, 6.07) is 17.8. The molecule has 1 saturated carbocycles. The lowest BCUT2D eigenvalue weighted by atomic mass is 9.55. The summed E-state index contributed by atoms with van der Waals surface area (Å²) in [4.78, 5) is 44.7. The molecule has 0 bridgehead atoms. The Morgan fingerprint density at radius 1 is 1.02 bits per heavy atom. The number of nitro benzene ring substituents is 1. The van der Waals surface area contributed by atoms with E-state index in [1.165, 1.54) is 18.2 Å². The van der Waals surface area contributed by atoms with Crippen LogP contribution in [-0.4, -0.2) is 89.5 Å². The molecule has 0 radical (unpaired) electrons. The van der Waals surface area contributed by atoms with E-state index in [-0.39, 0.29) is 55.6 Å². The first-order valence-corrected chi connectivity index (χ1v) is 22.0. The van der Waals surface area contributed by atoms with Crippen LogP contribution in [0.1, 0.15) is 91.6 Å². The molecule has 7 atom stereocenters. The molecule has 14 nitrogen and oxygen atoms in total. The van der Waals surface area contributed by atoms with Gasteiger partial charge >= 0.3 is 0 Å². The first-order chi connectivity index (χ1) is 30.7. The monoisotopic (exact) mass is 863 g/mol. The zero-order valence-corrected chi connectivity index (χ0v) is 35.7. The Morgan fingerprint density at radius 3 is 2.51 bits per heavy atom. The summed E-state index contributed by atoms with van der Waals surface area (Å²) in [5.41, 5.74) is 3.46. The van der Waals surface area contributed by atoms with Gasteiger partial charge in [-0.05, 0) is 110 Å². The van der Waals surface area contributed by atoms with E-state index in [2.05, 4.69) is 12.7 Å². The van der Waals surface area contributed by atoms with Crippen LogP contribution in [0.3, 0.4) is 0 Å². The van der Waals surface area contributed by atoms with Crippen LogP contribution in [0.15, 0.2) is 102 Å². The molecule has 1 saturated heterocycles. The first kappa shape index (κ1) is 45.4. The lowest BCUT2D eigenvalue weighted by Gasteiger charge is -2.59. The summed E-state index contributed by atoms with van der Waals surface area (Å²) in [5, 5.41) is 36.0. The zero-order valence-electron chi connectivity index (χ0n) is 35.7. The highest BCUT2D eigenvalue weighted by molar-refractivity contribution is 6.03. The van der Waals surface area contributed by atoms with Crippen molar-refractivity contribution in [3.05, 3.63) is 124 Å². The van der Waals surface area contributed by atoms with Crippen molar-refractivity contribution in [3.8, 4) is 17.2 Å². The molecule has 63 heavy (non-hydrogen) atoms. The molecule has 0 spiro atoms. The minimum Gasteiger partial charge on any atom is -0.459 e. The van der Waals surface area contributed by atoms with Crippen molar-refractivity contribution in [3.63, 3.8) is 0 Å². The number of oxime groups is 1. The van der Waals surface area contributed by atoms with Crippen LogP contribution in [-0.2, 0) is 19.1 Å². The van der Waals surface area contributed by atoms with E-state index in [4.69, 9.17) is 28.9 Å². The number of carbonyl (C=O) groups excluding carboxylic acids is 2. The largest absolute Gasteiger partial charge is 0.459 e. The summed E-state index contributed by atoms with van der Waals surface area (Å²) in [6.07, 6.45) is 14.4. The molecule has 3 aromatic carbocycles. The molecule has 3 aromatic rings.